The number of hydrogen-bond acceptors (Lipinski definition) is 3. The van der Waals surface area contributed by atoms with Crippen LogP contribution in [0.5, 0.6) is 11.5 Å². The molecule has 0 saturated carbocycles. The predicted octanol–water partition coefficient (Wildman–Crippen LogP) is 5.56. The summed E-state index contributed by atoms with van der Waals surface area (Å²) in [6, 6.07) is 7.37. The van der Waals surface area contributed by atoms with Crippen molar-refractivity contribution in [2.75, 3.05) is 12.3 Å². The average Bonchev–Trinajstić information content (AvgIpc) is 3.02. The second-order valence-corrected chi connectivity index (χ2v) is 5.60. The van der Waals surface area contributed by atoms with Gasteiger partial charge in [0.25, 0.3) is 0 Å². The molecular weight excluding hydrogens is 387 g/mol. The van der Waals surface area contributed by atoms with E-state index in [1.807, 2.05) is 13.8 Å². The van der Waals surface area contributed by atoms with Crippen LogP contribution in [-0.2, 0) is 6.42 Å². The van der Waals surface area contributed by atoms with Crippen molar-refractivity contribution >= 4 is 21.6 Å². The number of alkyl halides is 3. The first-order valence-corrected chi connectivity index (χ1v) is 8.24. The van der Waals surface area contributed by atoms with Gasteiger partial charge in [0.2, 0.25) is 0 Å². The summed E-state index contributed by atoms with van der Waals surface area (Å²) >= 11 is 3.43. The lowest BCUT2D eigenvalue weighted by molar-refractivity contribution is -0.274. The maximum Gasteiger partial charge on any atom is 0.573 e. The van der Waals surface area contributed by atoms with Crippen molar-refractivity contribution in [1.82, 2.24) is 0 Å². The van der Waals surface area contributed by atoms with E-state index in [9.17, 15) is 13.2 Å². The highest BCUT2D eigenvalue weighted by Gasteiger charge is 2.31. The summed E-state index contributed by atoms with van der Waals surface area (Å²) in [7, 11) is 0. The Morgan fingerprint density at radius 1 is 1.17 bits per heavy atom. The Bertz CT molecular complexity index is 715. The van der Waals surface area contributed by atoms with Crippen molar-refractivity contribution in [3.05, 3.63) is 40.4 Å². The van der Waals surface area contributed by atoms with Crippen molar-refractivity contribution < 1.29 is 22.6 Å². The summed E-state index contributed by atoms with van der Waals surface area (Å²) in [6.45, 7) is 4.56. The third-order valence-corrected chi connectivity index (χ3v) is 4.27. The second-order valence-electron chi connectivity index (χ2n) is 4.81. The maximum absolute atomic E-state index is 12.2. The van der Waals surface area contributed by atoms with E-state index in [0.29, 0.717) is 23.6 Å². The van der Waals surface area contributed by atoms with E-state index in [-0.39, 0.29) is 5.75 Å². The van der Waals surface area contributed by atoms with Crippen LogP contribution in [0, 0.1) is 0 Å². The summed E-state index contributed by atoms with van der Waals surface area (Å²) in [6.07, 6.45) is -3.96. The Balaban J connectivity index is 0.00000100. The lowest BCUT2D eigenvalue weighted by atomic mass is 10.00. The number of benzene rings is 2. The minimum absolute atomic E-state index is 0.265. The molecule has 130 valence electrons. The lowest BCUT2D eigenvalue weighted by Crippen LogP contribution is -2.16. The molecule has 0 radical (unpaired) electrons. The summed E-state index contributed by atoms with van der Waals surface area (Å²) in [5.41, 5.74) is 8.98. The Morgan fingerprint density at radius 2 is 1.79 bits per heavy atom. The Labute approximate surface area is 146 Å². The molecule has 7 heteroatoms. The van der Waals surface area contributed by atoms with Crippen LogP contribution >= 0.6 is 15.9 Å². The Kier molecular flexibility index (Phi) is 5.64. The first-order chi connectivity index (χ1) is 11.3. The van der Waals surface area contributed by atoms with Gasteiger partial charge in [-0.25, -0.2) is 0 Å². The third-order valence-electron chi connectivity index (χ3n) is 3.33. The van der Waals surface area contributed by atoms with Crippen molar-refractivity contribution in [2.24, 2.45) is 0 Å². The van der Waals surface area contributed by atoms with Crippen LogP contribution in [0.3, 0.4) is 0 Å². The maximum atomic E-state index is 12.2. The molecule has 2 N–H and O–H groups in total. The molecule has 3 rings (SSSR count). The van der Waals surface area contributed by atoms with Gasteiger partial charge in [-0.05, 0) is 39.7 Å². The average molecular weight is 404 g/mol. The normalized spacial score (nSPS) is 12.8. The predicted molar refractivity (Wildman–Crippen MR) is 91.2 cm³/mol. The number of nitrogen functional groups attached to an aromatic ring is 1. The molecule has 0 atom stereocenters. The Hall–Kier alpha value is -1.89. The SMILES string of the molecule is CC.Nc1cc(-c2ccc(OC(F)(F)F)cc2)c2c(c1Br)CCO2. The molecule has 0 aromatic heterocycles. The zero-order valence-electron chi connectivity index (χ0n) is 13.2. The van der Waals surface area contributed by atoms with Gasteiger partial charge in [0.1, 0.15) is 11.5 Å². The fourth-order valence-corrected chi connectivity index (χ4v) is 2.91. The molecule has 24 heavy (non-hydrogen) atoms. The van der Waals surface area contributed by atoms with Crippen LogP contribution in [0.2, 0.25) is 0 Å². The van der Waals surface area contributed by atoms with Crippen LogP contribution in [0.25, 0.3) is 11.1 Å². The molecule has 0 bridgehead atoms. The minimum atomic E-state index is -4.70. The van der Waals surface area contributed by atoms with E-state index < -0.39 is 6.36 Å². The highest BCUT2D eigenvalue weighted by Crippen LogP contribution is 2.44. The van der Waals surface area contributed by atoms with Crippen LogP contribution in [0.15, 0.2) is 34.8 Å². The Morgan fingerprint density at radius 3 is 2.38 bits per heavy atom. The van der Waals surface area contributed by atoms with E-state index in [1.54, 1.807) is 18.2 Å². The summed E-state index contributed by atoms with van der Waals surface area (Å²) in [5.74, 6) is 0.449. The molecule has 0 aliphatic carbocycles. The molecular formula is C17H17BrF3NO2. The van der Waals surface area contributed by atoms with Gasteiger partial charge in [-0.15, -0.1) is 13.2 Å². The van der Waals surface area contributed by atoms with Gasteiger partial charge in [0, 0.05) is 27.7 Å². The van der Waals surface area contributed by atoms with Gasteiger partial charge in [-0.2, -0.15) is 0 Å². The van der Waals surface area contributed by atoms with Gasteiger partial charge < -0.3 is 15.2 Å². The van der Waals surface area contributed by atoms with Crippen LogP contribution in [0.1, 0.15) is 19.4 Å². The van der Waals surface area contributed by atoms with Gasteiger partial charge in [0.05, 0.1) is 6.61 Å². The van der Waals surface area contributed by atoms with E-state index in [2.05, 4.69) is 20.7 Å². The molecule has 2 aromatic carbocycles. The number of halogens is 4. The monoisotopic (exact) mass is 403 g/mol. The molecule has 3 nitrogen and oxygen atoms in total. The van der Waals surface area contributed by atoms with Crippen molar-refractivity contribution in [2.45, 2.75) is 26.6 Å². The topological polar surface area (TPSA) is 44.5 Å². The quantitative estimate of drug-likeness (QED) is 0.667. The molecule has 0 spiro atoms. The van der Waals surface area contributed by atoms with Gasteiger partial charge in [-0.1, -0.05) is 26.0 Å². The minimum Gasteiger partial charge on any atom is -0.492 e. The first-order valence-electron chi connectivity index (χ1n) is 7.45. The fourth-order valence-electron chi connectivity index (χ4n) is 2.41. The van der Waals surface area contributed by atoms with E-state index in [0.717, 1.165) is 22.0 Å². The smallest absolute Gasteiger partial charge is 0.492 e. The molecule has 0 amide bonds. The van der Waals surface area contributed by atoms with Crippen LogP contribution in [-0.4, -0.2) is 13.0 Å². The molecule has 1 aliphatic heterocycles. The molecule has 2 aromatic rings. The summed E-state index contributed by atoms with van der Waals surface area (Å²) in [5, 5.41) is 0. The molecule has 0 unspecified atom stereocenters. The van der Waals surface area contributed by atoms with Crippen molar-refractivity contribution in [3.8, 4) is 22.6 Å². The van der Waals surface area contributed by atoms with Gasteiger partial charge >= 0.3 is 6.36 Å². The number of fused-ring (bicyclic) bond motifs is 1. The third kappa shape index (κ3) is 3.95. The summed E-state index contributed by atoms with van der Waals surface area (Å²) < 4.78 is 46.8. The highest BCUT2D eigenvalue weighted by atomic mass is 79.9. The van der Waals surface area contributed by atoms with Crippen molar-refractivity contribution in [1.29, 1.82) is 0 Å². The number of hydrogen-bond donors (Lipinski definition) is 1. The van der Waals surface area contributed by atoms with Crippen molar-refractivity contribution in [3.63, 3.8) is 0 Å². The van der Waals surface area contributed by atoms with Gasteiger partial charge in [-0.3, -0.25) is 0 Å². The number of anilines is 1. The standard InChI is InChI=1S/C15H11BrF3NO2.C2H6/c16-13-10-5-6-21-14(10)11(7-12(13)20)8-1-3-9(4-2-8)22-15(17,18)19;1-2/h1-4,7H,5-6,20H2;1-2H3. The first kappa shape index (κ1) is 18.4. The lowest BCUT2D eigenvalue weighted by Gasteiger charge is -2.13. The zero-order chi connectivity index (χ0) is 17.9. The van der Waals surface area contributed by atoms with Crippen LogP contribution < -0.4 is 15.2 Å². The fraction of sp³-hybridized carbons (Fsp3) is 0.294. The van der Waals surface area contributed by atoms with Crippen LogP contribution in [0.4, 0.5) is 18.9 Å². The van der Waals surface area contributed by atoms with Gasteiger partial charge in [0.15, 0.2) is 0 Å². The largest absolute Gasteiger partial charge is 0.573 e. The zero-order valence-corrected chi connectivity index (χ0v) is 14.8. The molecule has 1 aliphatic rings. The second kappa shape index (κ2) is 7.34. The summed E-state index contributed by atoms with van der Waals surface area (Å²) in [4.78, 5) is 0. The molecule has 0 fully saturated rings. The highest BCUT2D eigenvalue weighted by molar-refractivity contribution is 9.10. The van der Waals surface area contributed by atoms with E-state index >= 15 is 0 Å². The number of ether oxygens (including phenoxy) is 2. The van der Waals surface area contributed by atoms with E-state index in [4.69, 9.17) is 10.5 Å². The van der Waals surface area contributed by atoms with E-state index in [1.165, 1.54) is 12.1 Å². The number of nitrogens with two attached hydrogens (primary N) is 1. The molecule has 0 saturated heterocycles. The number of rotatable bonds is 2. The molecule has 1 heterocycles.